The number of benzene rings is 1. The number of ether oxygens (including phenoxy) is 1. The molecule has 104 valence electrons. The number of carbonyl (C=O) groups excluding carboxylic acids is 1. The Morgan fingerprint density at radius 3 is 2.89 bits per heavy atom. The summed E-state index contributed by atoms with van der Waals surface area (Å²) in [6.07, 6.45) is 3.15. The molecule has 1 saturated heterocycles. The highest BCUT2D eigenvalue weighted by molar-refractivity contribution is 5.71. The van der Waals surface area contributed by atoms with Crippen molar-refractivity contribution in [3.05, 3.63) is 35.9 Å². The summed E-state index contributed by atoms with van der Waals surface area (Å²) in [6.45, 7) is 5.05. The van der Waals surface area contributed by atoms with Gasteiger partial charge < -0.3 is 4.74 Å². The third kappa shape index (κ3) is 4.35. The Balaban J connectivity index is 1.74. The largest absolute Gasteiger partial charge is 0.465 e. The molecule has 2 rings (SSSR count). The third-order valence-corrected chi connectivity index (χ3v) is 3.66. The van der Waals surface area contributed by atoms with Crippen LogP contribution >= 0.6 is 0 Å². The molecule has 3 heteroatoms. The van der Waals surface area contributed by atoms with E-state index in [0.29, 0.717) is 19.1 Å². The predicted molar refractivity (Wildman–Crippen MR) is 76.1 cm³/mol. The summed E-state index contributed by atoms with van der Waals surface area (Å²) >= 11 is 0. The van der Waals surface area contributed by atoms with E-state index < -0.39 is 0 Å². The van der Waals surface area contributed by atoms with Crippen LogP contribution in [0.25, 0.3) is 0 Å². The summed E-state index contributed by atoms with van der Waals surface area (Å²) in [4.78, 5) is 13.9. The first-order chi connectivity index (χ1) is 9.29. The van der Waals surface area contributed by atoms with Gasteiger partial charge in [-0.3, -0.25) is 9.69 Å². The summed E-state index contributed by atoms with van der Waals surface area (Å²) in [5.74, 6) is 0.479. The van der Waals surface area contributed by atoms with Crippen LogP contribution in [0.5, 0.6) is 0 Å². The van der Waals surface area contributed by atoms with Crippen molar-refractivity contribution in [3.8, 4) is 0 Å². The molecule has 0 spiro atoms. The second kappa shape index (κ2) is 7.29. The smallest absolute Gasteiger partial charge is 0.320 e. The van der Waals surface area contributed by atoms with Crippen LogP contribution in [0.2, 0.25) is 0 Å². The average Bonchev–Trinajstić information content (AvgIpc) is 2.88. The van der Waals surface area contributed by atoms with E-state index in [2.05, 4.69) is 36.1 Å². The van der Waals surface area contributed by atoms with Crippen molar-refractivity contribution < 1.29 is 9.53 Å². The average molecular weight is 261 g/mol. The van der Waals surface area contributed by atoms with Crippen molar-refractivity contribution in [1.82, 2.24) is 4.90 Å². The maximum Gasteiger partial charge on any atom is 0.320 e. The first-order valence-electron chi connectivity index (χ1n) is 7.22. The zero-order chi connectivity index (χ0) is 13.5. The molecule has 0 N–H and O–H groups in total. The number of carbonyl (C=O) groups is 1. The Hall–Kier alpha value is -1.35. The topological polar surface area (TPSA) is 29.5 Å². The minimum atomic E-state index is -0.0813. The van der Waals surface area contributed by atoms with Gasteiger partial charge in [-0.15, -0.1) is 0 Å². The van der Waals surface area contributed by atoms with Crippen molar-refractivity contribution in [2.45, 2.75) is 32.1 Å². The van der Waals surface area contributed by atoms with E-state index in [0.717, 1.165) is 32.4 Å². The minimum absolute atomic E-state index is 0.0813. The molecule has 0 bridgehead atoms. The highest BCUT2D eigenvalue weighted by Crippen LogP contribution is 2.26. The number of esters is 1. The van der Waals surface area contributed by atoms with Gasteiger partial charge in [0.1, 0.15) is 0 Å². The number of likely N-dealkylation sites (tertiary alicyclic amines) is 1. The molecule has 1 atom stereocenters. The maximum absolute atomic E-state index is 11.7. The summed E-state index contributed by atoms with van der Waals surface area (Å²) in [7, 11) is 0. The Kier molecular flexibility index (Phi) is 5.40. The van der Waals surface area contributed by atoms with Crippen LogP contribution in [0.15, 0.2) is 30.3 Å². The van der Waals surface area contributed by atoms with Crippen molar-refractivity contribution in [2.75, 3.05) is 26.2 Å². The van der Waals surface area contributed by atoms with Crippen molar-refractivity contribution in [3.63, 3.8) is 0 Å². The van der Waals surface area contributed by atoms with Gasteiger partial charge in [-0.25, -0.2) is 0 Å². The van der Waals surface area contributed by atoms with E-state index in [9.17, 15) is 4.79 Å². The van der Waals surface area contributed by atoms with Crippen molar-refractivity contribution in [2.24, 2.45) is 0 Å². The number of hydrogen-bond donors (Lipinski definition) is 0. The number of hydrogen-bond acceptors (Lipinski definition) is 3. The lowest BCUT2D eigenvalue weighted by molar-refractivity contribution is -0.144. The van der Waals surface area contributed by atoms with Gasteiger partial charge in [-0.05, 0) is 30.9 Å². The highest BCUT2D eigenvalue weighted by atomic mass is 16.5. The van der Waals surface area contributed by atoms with Crippen LogP contribution in [0.3, 0.4) is 0 Å². The van der Waals surface area contributed by atoms with Crippen LogP contribution in [-0.2, 0) is 9.53 Å². The van der Waals surface area contributed by atoms with Gasteiger partial charge in [-0.1, -0.05) is 43.7 Å². The van der Waals surface area contributed by atoms with E-state index in [4.69, 9.17) is 4.74 Å². The fourth-order valence-corrected chi connectivity index (χ4v) is 2.53. The molecule has 1 aliphatic rings. The van der Waals surface area contributed by atoms with Crippen LogP contribution < -0.4 is 0 Å². The van der Waals surface area contributed by atoms with Crippen LogP contribution in [0.4, 0.5) is 0 Å². The van der Waals surface area contributed by atoms with Gasteiger partial charge in [0.25, 0.3) is 0 Å². The first kappa shape index (κ1) is 14.1. The van der Waals surface area contributed by atoms with E-state index in [-0.39, 0.29) is 5.97 Å². The molecule has 1 aliphatic heterocycles. The number of unbranched alkanes of at least 4 members (excludes halogenated alkanes) is 1. The predicted octanol–water partition coefficient (Wildman–Crippen LogP) is 2.82. The normalized spacial score (nSPS) is 19.5. The molecule has 1 fully saturated rings. The Morgan fingerprint density at radius 2 is 2.16 bits per heavy atom. The molecule has 19 heavy (non-hydrogen) atoms. The van der Waals surface area contributed by atoms with Gasteiger partial charge >= 0.3 is 5.97 Å². The summed E-state index contributed by atoms with van der Waals surface area (Å²) in [5.41, 5.74) is 1.38. The van der Waals surface area contributed by atoms with Crippen LogP contribution in [0.1, 0.15) is 37.7 Å². The van der Waals surface area contributed by atoms with E-state index in [1.807, 2.05) is 6.07 Å². The van der Waals surface area contributed by atoms with E-state index in [1.54, 1.807) is 0 Å². The van der Waals surface area contributed by atoms with Gasteiger partial charge in [0, 0.05) is 6.54 Å². The van der Waals surface area contributed by atoms with E-state index >= 15 is 0 Å². The fraction of sp³-hybridized carbons (Fsp3) is 0.562. The van der Waals surface area contributed by atoms with Crippen LogP contribution in [-0.4, -0.2) is 37.1 Å². The fourth-order valence-electron chi connectivity index (χ4n) is 2.53. The molecule has 3 nitrogen and oxygen atoms in total. The molecule has 0 amide bonds. The molecule has 0 aliphatic carbocycles. The van der Waals surface area contributed by atoms with Gasteiger partial charge in [0.15, 0.2) is 0 Å². The molecular formula is C16H23NO2. The standard InChI is InChI=1S/C16H23NO2/c1-2-3-11-19-16(18)13-17-10-9-15(12-17)14-7-5-4-6-8-14/h4-8,15H,2-3,9-13H2,1H3. The molecule has 1 aromatic carbocycles. The molecular weight excluding hydrogens is 238 g/mol. The number of nitrogens with zero attached hydrogens (tertiary/aromatic N) is 1. The van der Waals surface area contributed by atoms with Crippen LogP contribution in [0, 0.1) is 0 Å². The summed E-state index contributed by atoms with van der Waals surface area (Å²) < 4.78 is 5.20. The Bertz CT molecular complexity index is 391. The zero-order valence-corrected chi connectivity index (χ0v) is 11.7. The minimum Gasteiger partial charge on any atom is -0.465 e. The summed E-state index contributed by atoms with van der Waals surface area (Å²) in [6, 6.07) is 10.6. The summed E-state index contributed by atoms with van der Waals surface area (Å²) in [5, 5.41) is 0. The lowest BCUT2D eigenvalue weighted by Crippen LogP contribution is -2.29. The molecule has 0 aromatic heterocycles. The van der Waals surface area contributed by atoms with E-state index in [1.165, 1.54) is 5.56 Å². The quantitative estimate of drug-likeness (QED) is 0.582. The molecule has 0 radical (unpaired) electrons. The number of rotatable bonds is 6. The molecule has 1 aromatic rings. The zero-order valence-electron chi connectivity index (χ0n) is 11.7. The highest BCUT2D eigenvalue weighted by Gasteiger charge is 2.25. The first-order valence-corrected chi connectivity index (χ1v) is 7.22. The Morgan fingerprint density at radius 1 is 1.37 bits per heavy atom. The maximum atomic E-state index is 11.7. The van der Waals surface area contributed by atoms with Gasteiger partial charge in [0.2, 0.25) is 0 Å². The molecule has 0 saturated carbocycles. The second-order valence-electron chi connectivity index (χ2n) is 5.21. The van der Waals surface area contributed by atoms with Crippen molar-refractivity contribution >= 4 is 5.97 Å². The molecule has 1 heterocycles. The molecule has 1 unspecified atom stereocenters. The lowest BCUT2D eigenvalue weighted by Gasteiger charge is -2.15. The van der Waals surface area contributed by atoms with Crippen molar-refractivity contribution in [1.29, 1.82) is 0 Å². The monoisotopic (exact) mass is 261 g/mol. The van der Waals surface area contributed by atoms with Gasteiger partial charge in [-0.2, -0.15) is 0 Å². The SMILES string of the molecule is CCCCOC(=O)CN1CCC(c2ccccc2)C1. The second-order valence-corrected chi connectivity index (χ2v) is 5.21. The Labute approximate surface area is 115 Å². The van der Waals surface area contributed by atoms with Gasteiger partial charge in [0.05, 0.1) is 13.2 Å². The lowest BCUT2D eigenvalue weighted by atomic mass is 9.99. The third-order valence-electron chi connectivity index (χ3n) is 3.66.